The third-order valence-electron chi connectivity index (χ3n) is 2.25. The average molecular weight is 206 g/mol. The van der Waals surface area contributed by atoms with Crippen molar-refractivity contribution in [2.45, 2.75) is 38.9 Å². The fraction of sp³-hybridized carbons (Fsp3) is 1.00. The molecule has 0 saturated carbocycles. The third-order valence-corrected chi connectivity index (χ3v) is 2.25. The lowest BCUT2D eigenvalue weighted by Gasteiger charge is -2.41. The molecule has 0 aromatic carbocycles. The Balaban J connectivity index is 4.51. The van der Waals surface area contributed by atoms with Crippen LogP contribution in [0.25, 0.3) is 0 Å². The minimum atomic E-state index is -1.94. The molecule has 0 aliphatic rings. The Hall–Kier alpha value is -0.110. The van der Waals surface area contributed by atoms with Crippen LogP contribution in [-0.2, 0) is 9.31 Å². The summed E-state index contributed by atoms with van der Waals surface area (Å²) < 4.78 is 9.53. The summed E-state index contributed by atoms with van der Waals surface area (Å²) in [5.74, 6) is 0. The van der Waals surface area contributed by atoms with E-state index in [1.54, 1.807) is 0 Å². The maximum atomic E-state index is 8.64. The zero-order chi connectivity index (χ0) is 11.6. The molecule has 0 aliphatic carbocycles. The molecule has 0 aromatic heterocycles. The summed E-state index contributed by atoms with van der Waals surface area (Å²) in [7, 11) is -3.88. The molecular weight excluding hydrogens is 190 g/mol. The van der Waals surface area contributed by atoms with Gasteiger partial charge in [-0.25, -0.2) is 0 Å². The van der Waals surface area contributed by atoms with Gasteiger partial charge in [0.1, 0.15) is 0 Å². The summed E-state index contributed by atoms with van der Waals surface area (Å²) in [6.45, 7) is 6.15. The van der Waals surface area contributed by atoms with E-state index >= 15 is 0 Å². The smallest absolute Gasteiger partial charge is 0.402 e. The molecule has 0 saturated heterocycles. The van der Waals surface area contributed by atoms with Crippen molar-refractivity contribution in [2.24, 2.45) is 0 Å². The van der Waals surface area contributed by atoms with Crippen molar-refractivity contribution in [1.29, 1.82) is 0 Å². The van der Waals surface area contributed by atoms with E-state index in [1.165, 1.54) is 27.7 Å². The molecule has 0 atom stereocenters. The highest BCUT2D eigenvalue weighted by Crippen LogP contribution is 2.29. The molecule has 0 unspecified atom stereocenters. The molecule has 0 aromatic rings. The van der Waals surface area contributed by atoms with Crippen molar-refractivity contribution < 1.29 is 29.4 Å². The second-order valence-electron chi connectivity index (χ2n) is 3.91. The quantitative estimate of drug-likeness (QED) is 0.409. The molecule has 4 N–H and O–H groups in total. The largest absolute Gasteiger partial charge is 0.634 e. The molecule has 0 fully saturated rings. The van der Waals surface area contributed by atoms with Crippen molar-refractivity contribution >= 4 is 14.6 Å². The Bertz CT molecular complexity index is 161. The highest BCUT2D eigenvalue weighted by atomic mass is 16.7. The fourth-order valence-corrected chi connectivity index (χ4v) is 0.811. The minimum Gasteiger partial charge on any atom is -0.402 e. The average Bonchev–Trinajstić information content (AvgIpc) is 1.78. The third kappa shape index (κ3) is 3.95. The van der Waals surface area contributed by atoms with Crippen LogP contribution in [0.15, 0.2) is 0 Å². The molecular formula is C6H16B2O6. The molecule has 0 amide bonds. The SMILES string of the molecule is CC(C)(OB(O)O)C(C)(C)OB(O)O. The highest BCUT2D eigenvalue weighted by molar-refractivity contribution is 6.33. The summed E-state index contributed by atoms with van der Waals surface area (Å²) >= 11 is 0. The molecule has 0 spiro atoms. The van der Waals surface area contributed by atoms with Crippen LogP contribution in [0.3, 0.4) is 0 Å². The standard InChI is InChI=1S/C6H16B2O6/c1-5(2,13-7(9)10)6(3,4)14-8(11)12/h9-12H,1-4H3. The molecule has 0 aliphatic heterocycles. The summed E-state index contributed by atoms with van der Waals surface area (Å²) in [4.78, 5) is 0. The van der Waals surface area contributed by atoms with Crippen LogP contribution in [0.1, 0.15) is 27.7 Å². The Labute approximate surface area is 83.8 Å². The van der Waals surface area contributed by atoms with E-state index in [4.69, 9.17) is 29.4 Å². The second kappa shape index (κ2) is 4.61. The molecule has 0 heterocycles. The fourth-order valence-electron chi connectivity index (χ4n) is 0.811. The van der Waals surface area contributed by atoms with Crippen LogP contribution in [0.4, 0.5) is 0 Å². The van der Waals surface area contributed by atoms with Crippen LogP contribution in [0, 0.1) is 0 Å². The van der Waals surface area contributed by atoms with Gasteiger partial charge in [0.05, 0.1) is 11.2 Å². The first-order chi connectivity index (χ1) is 6.08. The van der Waals surface area contributed by atoms with E-state index in [9.17, 15) is 0 Å². The first kappa shape index (κ1) is 13.9. The van der Waals surface area contributed by atoms with Crippen LogP contribution < -0.4 is 0 Å². The normalized spacial score (nSPS) is 12.9. The highest BCUT2D eigenvalue weighted by Gasteiger charge is 2.43. The first-order valence-corrected chi connectivity index (χ1v) is 4.16. The number of hydrogen-bond donors (Lipinski definition) is 4. The van der Waals surface area contributed by atoms with Crippen molar-refractivity contribution in [3.8, 4) is 0 Å². The van der Waals surface area contributed by atoms with E-state index in [2.05, 4.69) is 0 Å². The van der Waals surface area contributed by atoms with Crippen LogP contribution in [0.5, 0.6) is 0 Å². The predicted molar refractivity (Wildman–Crippen MR) is 50.7 cm³/mol. The second-order valence-corrected chi connectivity index (χ2v) is 3.91. The van der Waals surface area contributed by atoms with Gasteiger partial charge in [0.15, 0.2) is 0 Å². The first-order valence-electron chi connectivity index (χ1n) is 4.16. The van der Waals surface area contributed by atoms with Crippen molar-refractivity contribution in [1.82, 2.24) is 0 Å². The van der Waals surface area contributed by atoms with Crippen LogP contribution in [-0.4, -0.2) is 45.9 Å². The molecule has 0 rings (SSSR count). The van der Waals surface area contributed by atoms with Gasteiger partial charge in [0.2, 0.25) is 0 Å². The Morgan fingerprint density at radius 1 is 0.714 bits per heavy atom. The summed E-state index contributed by atoms with van der Waals surface area (Å²) in [5.41, 5.74) is -2.18. The zero-order valence-corrected chi connectivity index (χ0v) is 8.76. The summed E-state index contributed by atoms with van der Waals surface area (Å²) in [6.07, 6.45) is 0. The van der Waals surface area contributed by atoms with E-state index < -0.39 is 25.8 Å². The molecule has 0 bridgehead atoms. The molecule has 82 valence electrons. The number of hydrogen-bond acceptors (Lipinski definition) is 6. The van der Waals surface area contributed by atoms with E-state index in [0.29, 0.717) is 0 Å². The lowest BCUT2D eigenvalue weighted by molar-refractivity contribution is -0.110. The van der Waals surface area contributed by atoms with Gasteiger partial charge >= 0.3 is 14.6 Å². The maximum absolute atomic E-state index is 8.64. The Morgan fingerprint density at radius 3 is 1.07 bits per heavy atom. The lowest BCUT2D eigenvalue weighted by atomic mass is 9.86. The van der Waals surface area contributed by atoms with Crippen molar-refractivity contribution in [3.63, 3.8) is 0 Å². The van der Waals surface area contributed by atoms with Gasteiger partial charge in [0, 0.05) is 0 Å². The topological polar surface area (TPSA) is 99.4 Å². The van der Waals surface area contributed by atoms with Crippen LogP contribution in [0.2, 0.25) is 0 Å². The molecule has 14 heavy (non-hydrogen) atoms. The predicted octanol–water partition coefficient (Wildman–Crippen LogP) is -1.48. The van der Waals surface area contributed by atoms with Gasteiger partial charge in [-0.1, -0.05) is 0 Å². The summed E-state index contributed by atoms with van der Waals surface area (Å²) in [5, 5.41) is 34.6. The van der Waals surface area contributed by atoms with Crippen LogP contribution >= 0.6 is 0 Å². The van der Waals surface area contributed by atoms with E-state index in [0.717, 1.165) is 0 Å². The monoisotopic (exact) mass is 206 g/mol. The van der Waals surface area contributed by atoms with Crippen molar-refractivity contribution in [2.75, 3.05) is 0 Å². The van der Waals surface area contributed by atoms with Gasteiger partial charge in [-0.05, 0) is 27.7 Å². The Morgan fingerprint density at radius 2 is 0.929 bits per heavy atom. The van der Waals surface area contributed by atoms with Gasteiger partial charge in [0.25, 0.3) is 0 Å². The molecule has 0 radical (unpaired) electrons. The minimum absolute atomic E-state index is 1.09. The molecule has 8 heteroatoms. The van der Waals surface area contributed by atoms with E-state index in [1.807, 2.05) is 0 Å². The van der Waals surface area contributed by atoms with Gasteiger partial charge < -0.3 is 29.4 Å². The van der Waals surface area contributed by atoms with Gasteiger partial charge in [-0.15, -0.1) is 0 Å². The maximum Gasteiger partial charge on any atom is 0.634 e. The van der Waals surface area contributed by atoms with Gasteiger partial charge in [-0.3, -0.25) is 0 Å². The van der Waals surface area contributed by atoms with Crippen molar-refractivity contribution in [3.05, 3.63) is 0 Å². The zero-order valence-electron chi connectivity index (χ0n) is 8.76. The van der Waals surface area contributed by atoms with Gasteiger partial charge in [-0.2, -0.15) is 0 Å². The van der Waals surface area contributed by atoms with E-state index in [-0.39, 0.29) is 0 Å². The molecule has 6 nitrogen and oxygen atoms in total. The Kier molecular flexibility index (Phi) is 4.57. The number of rotatable bonds is 5. The summed E-state index contributed by atoms with van der Waals surface area (Å²) in [6, 6.07) is 0. The lowest BCUT2D eigenvalue weighted by Crippen LogP contribution is -2.54.